The van der Waals surface area contributed by atoms with Gasteiger partial charge in [-0.05, 0) is 0 Å². The molecule has 0 atom stereocenters. The first-order valence-corrected chi connectivity index (χ1v) is 0. The Morgan fingerprint density at radius 1 is 0.750 bits per heavy atom. The van der Waals surface area contributed by atoms with Crippen molar-refractivity contribution < 1.29 is 63.3 Å². The van der Waals surface area contributed by atoms with E-state index in [1.54, 1.807) is 0 Å². The molecule has 0 radical (unpaired) electrons. The van der Waals surface area contributed by atoms with Gasteiger partial charge in [0.1, 0.15) is 0 Å². The van der Waals surface area contributed by atoms with Crippen LogP contribution >= 0.6 is 0 Å². The summed E-state index contributed by atoms with van der Waals surface area (Å²) in [6.07, 6.45) is 0. The maximum absolute atomic E-state index is 0. The first-order valence-electron chi connectivity index (χ1n) is 0. The molecule has 0 N–H and O–H groups in total. The minimum Gasteiger partial charge on any atom is -2.00 e. The molecule has 8 valence electrons. The van der Waals surface area contributed by atoms with Crippen LogP contribution in [-0.2, 0) is 44.4 Å². The van der Waals surface area contributed by atoms with E-state index < -0.39 is 0 Å². The Balaban J connectivity index is 0. The van der Waals surface area contributed by atoms with Gasteiger partial charge in [0.05, 0.1) is 0 Å². The predicted octanol–water partition coefficient (Wildman–Crippen LogP) is -3.12. The van der Waals surface area contributed by atoms with Crippen LogP contribution in [0.4, 0.5) is 0 Å². The zero-order valence-corrected chi connectivity index (χ0v) is 8.76. The van der Waals surface area contributed by atoms with Gasteiger partial charge in [-0.1, -0.05) is 0 Å². The molecule has 0 aliphatic rings. The van der Waals surface area contributed by atoms with E-state index in [-0.39, 0.29) is 63.3 Å². The van der Waals surface area contributed by atoms with Crippen molar-refractivity contribution in [2.24, 2.45) is 0 Å². The first kappa shape index (κ1) is 41.2. The molecule has 0 fully saturated rings. The van der Waals surface area contributed by atoms with Gasteiger partial charge in [0.2, 0.25) is 0 Å². The average Bonchev–Trinajstić information content (AvgIpc) is 0. The fourth-order valence-corrected chi connectivity index (χ4v) is 0. The van der Waals surface area contributed by atoms with Crippen molar-refractivity contribution in [1.29, 1.82) is 0 Å². The molecule has 4 heteroatoms. The molecule has 0 unspecified atom stereocenters. The van der Waals surface area contributed by atoms with Gasteiger partial charge in [-0.15, -0.1) is 0 Å². The van der Waals surface area contributed by atoms with Crippen molar-refractivity contribution in [2.75, 3.05) is 0 Å². The van der Waals surface area contributed by atoms with Gasteiger partial charge < -0.3 is 5.48 Å². The summed E-state index contributed by atoms with van der Waals surface area (Å²) in [4.78, 5) is 0. The number of hydrogen-bond donors (Lipinski definition) is 0. The summed E-state index contributed by atoms with van der Waals surface area (Å²) < 4.78 is 0. The van der Waals surface area contributed by atoms with E-state index in [0.29, 0.717) is 0 Å². The van der Waals surface area contributed by atoms with Gasteiger partial charge in [-0.2, -0.15) is 0 Å². The van der Waals surface area contributed by atoms with E-state index in [9.17, 15) is 0 Å². The van der Waals surface area contributed by atoms with Gasteiger partial charge in [0.15, 0.2) is 0 Å². The Kier molecular flexibility index (Phi) is 220. The van der Waals surface area contributed by atoms with Gasteiger partial charge in [0.25, 0.3) is 0 Å². The van der Waals surface area contributed by atoms with Crippen LogP contribution in [0.1, 0.15) is 0 Å². The fourth-order valence-electron chi connectivity index (χ4n) is 0. The molecule has 0 aliphatic heterocycles. The first-order chi connectivity index (χ1) is 0. The molecule has 0 saturated heterocycles. The second-order valence-corrected chi connectivity index (χ2v) is 0. The van der Waals surface area contributed by atoms with Crippen molar-refractivity contribution >= 4 is 0 Å². The van der Waals surface area contributed by atoms with E-state index in [4.69, 9.17) is 0 Å². The third-order valence-electron chi connectivity index (χ3n) is 0. The van der Waals surface area contributed by atoms with Crippen LogP contribution in [0, 0.1) is 0 Å². The van der Waals surface area contributed by atoms with Crippen LogP contribution in [0.25, 0.3) is 0 Å². The molecule has 0 saturated carbocycles. The van der Waals surface area contributed by atoms with Crippen molar-refractivity contribution in [1.82, 2.24) is 0 Å². The van der Waals surface area contributed by atoms with Crippen LogP contribution in [0.15, 0.2) is 0 Å². The molecule has 1 nitrogen and oxygen atoms in total. The van der Waals surface area contributed by atoms with Crippen molar-refractivity contribution in [3.63, 3.8) is 0 Å². The molecule has 0 spiro atoms. The summed E-state index contributed by atoms with van der Waals surface area (Å²) in [5.41, 5.74) is 0. The molecule has 0 aromatic heterocycles. The second kappa shape index (κ2) is 21.4. The van der Waals surface area contributed by atoms with Crippen molar-refractivity contribution in [2.45, 2.75) is 0 Å². The molecule has 0 aliphatic carbocycles. The maximum Gasteiger partial charge on any atom is 2.00 e. The van der Waals surface area contributed by atoms with Crippen LogP contribution in [0.3, 0.4) is 0 Å². The molecule has 0 amide bonds. The maximum atomic E-state index is 0. The van der Waals surface area contributed by atoms with E-state index in [1.165, 1.54) is 0 Å². The standard InChI is InChI=1S/Li.O.2Zn/q+1;-2;2*+2. The fraction of sp³-hybridized carbons (Fsp3) is 0. The van der Waals surface area contributed by atoms with Gasteiger partial charge in [-0.25, -0.2) is 0 Å². The summed E-state index contributed by atoms with van der Waals surface area (Å²) in [5.74, 6) is 0. The van der Waals surface area contributed by atoms with E-state index in [1.807, 2.05) is 0 Å². The van der Waals surface area contributed by atoms with Crippen LogP contribution in [0.2, 0.25) is 0 Å². The van der Waals surface area contributed by atoms with E-state index in [0.717, 1.165) is 0 Å². The molecule has 0 aromatic rings. The zero-order valence-electron chi connectivity index (χ0n) is 2.82. The van der Waals surface area contributed by atoms with Gasteiger partial charge in [-0.3, -0.25) is 0 Å². The zero-order chi connectivity index (χ0) is 0. The Labute approximate surface area is 62.9 Å². The number of rotatable bonds is 0. The van der Waals surface area contributed by atoms with Gasteiger partial charge in [0, 0.05) is 0 Å². The average molecular weight is 154 g/mol. The minimum absolute atomic E-state index is 0. The third kappa shape index (κ3) is 9.19. The number of hydrogen-bond acceptors (Lipinski definition) is 0. The molecule has 0 aromatic carbocycles. The topological polar surface area (TPSA) is 28.5 Å². The monoisotopic (exact) mass is 151 g/mol. The largest absolute Gasteiger partial charge is 2.00 e. The summed E-state index contributed by atoms with van der Waals surface area (Å²) in [6.45, 7) is 0. The Morgan fingerprint density at radius 3 is 0.750 bits per heavy atom. The molecular formula is LiOZn2+3. The SMILES string of the molecule is [Li+].[O-2].[Zn+2].[Zn+2]. The van der Waals surface area contributed by atoms with E-state index >= 15 is 0 Å². The summed E-state index contributed by atoms with van der Waals surface area (Å²) >= 11 is 0. The second-order valence-electron chi connectivity index (χ2n) is 0. The molecular weight excluding hydrogens is 154 g/mol. The van der Waals surface area contributed by atoms with Crippen LogP contribution in [-0.4, -0.2) is 0 Å². The minimum atomic E-state index is 0. The van der Waals surface area contributed by atoms with Crippen LogP contribution in [0.5, 0.6) is 0 Å². The van der Waals surface area contributed by atoms with Crippen molar-refractivity contribution in [3.05, 3.63) is 0 Å². The summed E-state index contributed by atoms with van der Waals surface area (Å²) in [5, 5.41) is 0. The van der Waals surface area contributed by atoms with Crippen LogP contribution < -0.4 is 18.9 Å². The molecule has 4 heavy (non-hydrogen) atoms. The Hall–Kier alpha value is 1.80. The summed E-state index contributed by atoms with van der Waals surface area (Å²) in [6, 6.07) is 0. The molecule has 0 heterocycles. The Morgan fingerprint density at radius 2 is 0.750 bits per heavy atom. The third-order valence-corrected chi connectivity index (χ3v) is 0. The quantitative estimate of drug-likeness (QED) is 0.330. The Bertz CT molecular complexity index is 6.00. The smallest absolute Gasteiger partial charge is 2.00 e. The summed E-state index contributed by atoms with van der Waals surface area (Å²) in [7, 11) is 0. The van der Waals surface area contributed by atoms with Crippen molar-refractivity contribution in [3.8, 4) is 0 Å². The van der Waals surface area contributed by atoms with Gasteiger partial charge >= 0.3 is 57.8 Å². The van der Waals surface area contributed by atoms with E-state index in [2.05, 4.69) is 0 Å². The molecule has 0 bridgehead atoms. The predicted molar refractivity (Wildman–Crippen MR) is 0.686 cm³/mol. The molecule has 0 rings (SSSR count). The normalized spacial score (nSPS) is 0.